The van der Waals surface area contributed by atoms with Gasteiger partial charge in [0, 0.05) is 6.04 Å². The molecule has 1 unspecified atom stereocenters. The maximum Gasteiger partial charge on any atom is 0.342 e. The van der Waals surface area contributed by atoms with Gasteiger partial charge in [0.05, 0.1) is 12.0 Å². The van der Waals surface area contributed by atoms with Crippen molar-refractivity contribution < 1.29 is 27.5 Å². The molecule has 3 N–H and O–H groups in total. The number of primary sulfonamides is 1. The zero-order valence-corrected chi connectivity index (χ0v) is 15.7. The van der Waals surface area contributed by atoms with Crippen LogP contribution >= 0.6 is 0 Å². The van der Waals surface area contributed by atoms with Gasteiger partial charge in [0.1, 0.15) is 11.3 Å². The van der Waals surface area contributed by atoms with Gasteiger partial charge in [0.15, 0.2) is 6.10 Å². The topological polar surface area (TPSA) is 125 Å². The number of hydrogen-bond donors (Lipinski definition) is 2. The lowest BCUT2D eigenvalue weighted by atomic mass is 9.95. The van der Waals surface area contributed by atoms with Gasteiger partial charge in [0.25, 0.3) is 5.91 Å². The Morgan fingerprint density at radius 3 is 2.46 bits per heavy atom. The number of ether oxygens (including phenoxy) is 2. The number of carbonyl (C=O) groups excluding carboxylic acids is 2. The van der Waals surface area contributed by atoms with Gasteiger partial charge in [-0.25, -0.2) is 18.4 Å². The molecular weight excluding hydrogens is 360 g/mol. The van der Waals surface area contributed by atoms with Gasteiger partial charge in [-0.2, -0.15) is 0 Å². The van der Waals surface area contributed by atoms with E-state index in [-0.39, 0.29) is 28.2 Å². The van der Waals surface area contributed by atoms with E-state index >= 15 is 0 Å². The summed E-state index contributed by atoms with van der Waals surface area (Å²) >= 11 is 0. The van der Waals surface area contributed by atoms with Crippen molar-refractivity contribution in [1.29, 1.82) is 0 Å². The molecule has 1 saturated carbocycles. The molecule has 0 aliphatic heterocycles. The SMILES string of the molecule is COc1ccc(S(N)(=O)=O)cc1C(=O)OC(C)C(=O)NC1CCCCC1. The summed E-state index contributed by atoms with van der Waals surface area (Å²) in [5.74, 6) is -1.12. The molecule has 0 aromatic heterocycles. The van der Waals surface area contributed by atoms with Gasteiger partial charge < -0.3 is 14.8 Å². The van der Waals surface area contributed by atoms with Crippen LogP contribution in [0.1, 0.15) is 49.4 Å². The minimum atomic E-state index is -3.99. The predicted octanol–water partition coefficient (Wildman–Crippen LogP) is 1.34. The minimum Gasteiger partial charge on any atom is -0.496 e. The fraction of sp³-hybridized carbons (Fsp3) is 0.529. The first-order valence-corrected chi connectivity index (χ1v) is 9.99. The quantitative estimate of drug-likeness (QED) is 0.713. The molecule has 1 fully saturated rings. The molecule has 1 aliphatic carbocycles. The van der Waals surface area contributed by atoms with Gasteiger partial charge in [0.2, 0.25) is 10.0 Å². The highest BCUT2D eigenvalue weighted by Crippen LogP contribution is 2.23. The van der Waals surface area contributed by atoms with Crippen molar-refractivity contribution in [2.24, 2.45) is 5.14 Å². The van der Waals surface area contributed by atoms with E-state index < -0.39 is 22.1 Å². The summed E-state index contributed by atoms with van der Waals surface area (Å²) in [6.45, 7) is 1.46. The summed E-state index contributed by atoms with van der Waals surface area (Å²) in [5.41, 5.74) is -0.114. The number of nitrogens with one attached hydrogen (secondary N) is 1. The van der Waals surface area contributed by atoms with Crippen LogP contribution in [-0.4, -0.2) is 39.5 Å². The molecule has 144 valence electrons. The highest BCUT2D eigenvalue weighted by Gasteiger charge is 2.25. The summed E-state index contributed by atoms with van der Waals surface area (Å²) in [6.07, 6.45) is 4.10. The smallest absolute Gasteiger partial charge is 0.342 e. The van der Waals surface area contributed by atoms with Gasteiger partial charge in [-0.1, -0.05) is 19.3 Å². The van der Waals surface area contributed by atoms with E-state index in [0.29, 0.717) is 0 Å². The van der Waals surface area contributed by atoms with Crippen LogP contribution in [0.25, 0.3) is 0 Å². The maximum atomic E-state index is 12.4. The maximum absolute atomic E-state index is 12.4. The Morgan fingerprint density at radius 2 is 1.88 bits per heavy atom. The second kappa shape index (κ2) is 8.50. The first-order chi connectivity index (χ1) is 12.2. The minimum absolute atomic E-state index is 0.0950. The number of carbonyl (C=O) groups is 2. The molecule has 8 nitrogen and oxygen atoms in total. The number of nitrogens with two attached hydrogens (primary N) is 1. The first kappa shape index (κ1) is 20.2. The number of methoxy groups -OCH3 is 1. The lowest BCUT2D eigenvalue weighted by molar-refractivity contribution is -0.130. The van der Waals surface area contributed by atoms with Gasteiger partial charge in [-0.3, -0.25) is 4.79 Å². The van der Waals surface area contributed by atoms with E-state index in [1.54, 1.807) is 0 Å². The van der Waals surface area contributed by atoms with Gasteiger partial charge in [-0.15, -0.1) is 0 Å². The van der Waals surface area contributed by atoms with Crippen LogP contribution in [0.3, 0.4) is 0 Å². The van der Waals surface area contributed by atoms with E-state index in [1.807, 2.05) is 0 Å². The third-order valence-electron chi connectivity index (χ3n) is 4.32. The molecule has 1 amide bonds. The average molecular weight is 384 g/mol. The van der Waals surface area contributed by atoms with Crippen molar-refractivity contribution in [3.05, 3.63) is 23.8 Å². The molecule has 9 heteroatoms. The third-order valence-corrected chi connectivity index (χ3v) is 5.23. The molecule has 2 rings (SSSR count). The number of hydrogen-bond acceptors (Lipinski definition) is 6. The van der Waals surface area contributed by atoms with E-state index in [1.165, 1.54) is 26.2 Å². The Morgan fingerprint density at radius 1 is 1.23 bits per heavy atom. The van der Waals surface area contributed by atoms with Crippen molar-refractivity contribution in [2.45, 2.75) is 56.1 Å². The fourth-order valence-corrected chi connectivity index (χ4v) is 3.41. The summed E-state index contributed by atoms with van der Waals surface area (Å²) in [5, 5.41) is 7.96. The second-order valence-electron chi connectivity index (χ2n) is 6.30. The van der Waals surface area contributed by atoms with Gasteiger partial charge in [-0.05, 0) is 38.0 Å². The molecule has 0 radical (unpaired) electrons. The fourth-order valence-electron chi connectivity index (χ4n) is 2.87. The monoisotopic (exact) mass is 384 g/mol. The zero-order chi connectivity index (χ0) is 19.3. The Hall–Kier alpha value is -2.13. The standard InChI is InChI=1S/C17H24N2O6S/c1-11(16(20)19-12-6-4-3-5-7-12)25-17(21)14-10-13(26(18,22)23)8-9-15(14)24-2/h8-12H,3-7H2,1-2H3,(H,19,20)(H2,18,22,23). The molecule has 1 aromatic rings. The molecule has 1 aromatic carbocycles. The molecule has 0 spiro atoms. The van der Waals surface area contributed by atoms with Crippen LogP contribution in [-0.2, 0) is 19.6 Å². The van der Waals surface area contributed by atoms with Crippen molar-refractivity contribution >= 4 is 21.9 Å². The van der Waals surface area contributed by atoms with Crippen LogP contribution in [0.5, 0.6) is 5.75 Å². The number of amides is 1. The summed E-state index contributed by atoms with van der Waals surface area (Å²) in [4.78, 5) is 24.4. The van der Waals surface area contributed by atoms with Crippen LogP contribution in [0.4, 0.5) is 0 Å². The molecule has 0 saturated heterocycles. The second-order valence-corrected chi connectivity index (χ2v) is 7.86. The predicted molar refractivity (Wildman–Crippen MR) is 94.3 cm³/mol. The van der Waals surface area contributed by atoms with Crippen LogP contribution in [0.15, 0.2) is 23.1 Å². The van der Waals surface area contributed by atoms with E-state index in [9.17, 15) is 18.0 Å². The van der Waals surface area contributed by atoms with E-state index in [0.717, 1.165) is 38.2 Å². The van der Waals surface area contributed by atoms with E-state index in [4.69, 9.17) is 14.6 Å². The summed E-state index contributed by atoms with van der Waals surface area (Å²) in [7, 11) is -2.66. The molecule has 1 atom stereocenters. The van der Waals surface area contributed by atoms with Crippen LogP contribution in [0.2, 0.25) is 0 Å². The number of rotatable bonds is 6. The number of benzene rings is 1. The molecule has 0 bridgehead atoms. The number of esters is 1. The van der Waals surface area contributed by atoms with Crippen molar-refractivity contribution in [3.8, 4) is 5.75 Å². The zero-order valence-electron chi connectivity index (χ0n) is 14.9. The van der Waals surface area contributed by atoms with Crippen molar-refractivity contribution in [1.82, 2.24) is 5.32 Å². The third kappa shape index (κ3) is 5.18. The van der Waals surface area contributed by atoms with Crippen LogP contribution in [0, 0.1) is 0 Å². The summed E-state index contributed by atoms with van der Waals surface area (Å²) in [6, 6.07) is 3.70. The highest BCUT2D eigenvalue weighted by molar-refractivity contribution is 7.89. The molecule has 26 heavy (non-hydrogen) atoms. The molecular formula is C17H24N2O6S. The van der Waals surface area contributed by atoms with Crippen LogP contribution < -0.4 is 15.2 Å². The Kier molecular flexibility index (Phi) is 6.60. The Labute approximate surface area is 153 Å². The highest BCUT2D eigenvalue weighted by atomic mass is 32.2. The van der Waals surface area contributed by atoms with Crippen molar-refractivity contribution in [2.75, 3.05) is 7.11 Å². The molecule has 0 heterocycles. The Balaban J connectivity index is 2.09. The van der Waals surface area contributed by atoms with E-state index in [2.05, 4.69) is 5.32 Å². The lowest BCUT2D eigenvalue weighted by Gasteiger charge is -2.24. The largest absolute Gasteiger partial charge is 0.496 e. The number of sulfonamides is 1. The molecule has 1 aliphatic rings. The van der Waals surface area contributed by atoms with Crippen molar-refractivity contribution in [3.63, 3.8) is 0 Å². The Bertz CT molecular complexity index is 771. The van der Waals surface area contributed by atoms with Gasteiger partial charge >= 0.3 is 5.97 Å². The lowest BCUT2D eigenvalue weighted by Crippen LogP contribution is -2.42. The first-order valence-electron chi connectivity index (χ1n) is 8.44. The summed E-state index contributed by atoms with van der Waals surface area (Å²) < 4.78 is 33.2. The normalized spacial score (nSPS) is 16.6. The average Bonchev–Trinajstić information content (AvgIpc) is 2.61.